The molecule has 1 aromatic rings. The van der Waals surface area contributed by atoms with Crippen molar-refractivity contribution in [3.63, 3.8) is 0 Å². The lowest BCUT2D eigenvalue weighted by Gasteiger charge is -2.37. The Balaban J connectivity index is 2.81. The third-order valence-electron chi connectivity index (χ3n) is 4.52. The van der Waals surface area contributed by atoms with Crippen LogP contribution < -0.4 is 0 Å². The Morgan fingerprint density at radius 2 is 2.08 bits per heavy atom. The summed E-state index contributed by atoms with van der Waals surface area (Å²) < 4.78 is 13.1. The van der Waals surface area contributed by atoms with Crippen LogP contribution in [0.2, 0.25) is 18.1 Å². The first-order chi connectivity index (χ1) is 11.6. The van der Waals surface area contributed by atoms with Gasteiger partial charge in [0, 0.05) is 31.0 Å². The van der Waals surface area contributed by atoms with Gasteiger partial charge in [-0.3, -0.25) is 4.57 Å². The third kappa shape index (κ3) is 6.84. The molecule has 5 nitrogen and oxygen atoms in total. The zero-order chi connectivity index (χ0) is 19.1. The van der Waals surface area contributed by atoms with Crippen molar-refractivity contribution in [3.8, 4) is 0 Å². The highest BCUT2D eigenvalue weighted by Crippen LogP contribution is 2.37. The molecule has 1 atom stereocenters. The van der Waals surface area contributed by atoms with Crippen LogP contribution in [0.1, 0.15) is 34.1 Å². The molecule has 0 fully saturated rings. The SMILES string of the molecule is CCOC(=O)/C=C/C[C@@H](CO[Si](C)(C)C(C)(C)C)C(=S)n1ccnc1. The fourth-order valence-electron chi connectivity index (χ4n) is 1.88. The minimum absolute atomic E-state index is 0.0102. The van der Waals surface area contributed by atoms with Crippen LogP contribution in [0.15, 0.2) is 30.9 Å². The number of carbonyl (C=O) groups excluding carboxylic acids is 1. The van der Waals surface area contributed by atoms with Gasteiger partial charge in [-0.2, -0.15) is 0 Å². The summed E-state index contributed by atoms with van der Waals surface area (Å²) in [6.45, 7) is 13.8. The van der Waals surface area contributed by atoms with Crippen molar-refractivity contribution in [1.29, 1.82) is 0 Å². The highest BCUT2D eigenvalue weighted by molar-refractivity contribution is 7.80. The Hall–Kier alpha value is -1.31. The molecule has 0 aliphatic heterocycles. The van der Waals surface area contributed by atoms with Gasteiger partial charge in [0.1, 0.15) is 0 Å². The Bertz CT molecular complexity index is 592. The number of rotatable bonds is 8. The second-order valence-electron chi connectivity index (χ2n) is 7.47. The van der Waals surface area contributed by atoms with Crippen molar-refractivity contribution in [2.75, 3.05) is 13.2 Å². The number of imidazole rings is 1. The van der Waals surface area contributed by atoms with Gasteiger partial charge in [-0.05, 0) is 31.5 Å². The molecule has 0 aliphatic rings. The van der Waals surface area contributed by atoms with Crippen molar-refractivity contribution in [1.82, 2.24) is 9.55 Å². The summed E-state index contributed by atoms with van der Waals surface area (Å²) in [7, 11) is -1.87. The Morgan fingerprint density at radius 3 is 2.60 bits per heavy atom. The molecule has 1 rings (SSSR count). The monoisotopic (exact) mass is 382 g/mol. The predicted molar refractivity (Wildman–Crippen MR) is 107 cm³/mol. The van der Waals surface area contributed by atoms with Gasteiger partial charge in [-0.25, -0.2) is 9.78 Å². The van der Waals surface area contributed by atoms with Crippen LogP contribution in [0.5, 0.6) is 0 Å². The molecule has 0 amide bonds. The van der Waals surface area contributed by atoms with E-state index in [4.69, 9.17) is 21.4 Å². The molecule has 140 valence electrons. The van der Waals surface area contributed by atoms with E-state index >= 15 is 0 Å². The normalized spacial score (nSPS) is 13.8. The Labute approximate surface area is 157 Å². The number of hydrogen-bond acceptors (Lipinski definition) is 5. The molecule has 1 aromatic heterocycles. The molecule has 0 saturated heterocycles. The summed E-state index contributed by atoms with van der Waals surface area (Å²) in [5.74, 6) is -0.343. The van der Waals surface area contributed by atoms with Crippen molar-refractivity contribution < 1.29 is 14.0 Å². The average molecular weight is 383 g/mol. The van der Waals surface area contributed by atoms with Crippen molar-refractivity contribution >= 4 is 31.5 Å². The second kappa shape index (κ2) is 9.40. The molecule has 0 radical (unpaired) electrons. The lowest BCUT2D eigenvalue weighted by atomic mass is 10.1. The lowest BCUT2D eigenvalue weighted by molar-refractivity contribution is -0.137. The minimum Gasteiger partial charge on any atom is -0.463 e. The van der Waals surface area contributed by atoms with Gasteiger partial charge in [0.2, 0.25) is 0 Å². The molecule has 1 heterocycles. The van der Waals surface area contributed by atoms with E-state index in [-0.39, 0.29) is 16.9 Å². The van der Waals surface area contributed by atoms with Gasteiger partial charge in [0.25, 0.3) is 0 Å². The molecule has 0 aromatic carbocycles. The number of nitrogens with zero attached hydrogens (tertiary/aromatic N) is 2. The summed E-state index contributed by atoms with van der Waals surface area (Å²) in [5, 5.41) is 0.134. The topological polar surface area (TPSA) is 53.4 Å². The quantitative estimate of drug-likeness (QED) is 0.292. The fourth-order valence-corrected chi connectivity index (χ4v) is 3.21. The molecule has 0 N–H and O–H groups in total. The van der Waals surface area contributed by atoms with Crippen LogP contribution >= 0.6 is 12.2 Å². The number of ether oxygens (including phenoxy) is 1. The number of aromatic nitrogens is 2. The smallest absolute Gasteiger partial charge is 0.330 e. The summed E-state index contributed by atoms with van der Waals surface area (Å²) in [6.07, 6.45) is 9.10. The molecule has 0 spiro atoms. The first-order valence-corrected chi connectivity index (χ1v) is 11.9. The minimum atomic E-state index is -1.87. The number of carbonyl (C=O) groups is 1. The van der Waals surface area contributed by atoms with E-state index in [1.165, 1.54) is 6.08 Å². The van der Waals surface area contributed by atoms with Crippen LogP contribution in [0.3, 0.4) is 0 Å². The summed E-state index contributed by atoms with van der Waals surface area (Å²) in [5.41, 5.74) is 0. The number of allylic oxidation sites excluding steroid dienone is 1. The molecular formula is C18H30N2O3SSi. The standard InChI is InChI=1S/C18H30N2O3SSi/c1-7-22-16(21)10-8-9-15(17(24)20-12-11-19-14-20)13-23-25(5,6)18(2,3)4/h8,10-12,14-15H,7,9,13H2,1-6H3/b10-8+/t15-/m0/s1. The lowest BCUT2D eigenvalue weighted by Crippen LogP contribution is -2.42. The predicted octanol–water partition coefficient (Wildman–Crippen LogP) is 4.21. The van der Waals surface area contributed by atoms with E-state index in [1.54, 1.807) is 25.5 Å². The molecule has 25 heavy (non-hydrogen) atoms. The van der Waals surface area contributed by atoms with E-state index in [9.17, 15) is 4.79 Å². The summed E-state index contributed by atoms with van der Waals surface area (Å²) in [6, 6.07) is 0. The van der Waals surface area contributed by atoms with Crippen LogP contribution in [0, 0.1) is 5.92 Å². The summed E-state index contributed by atoms with van der Waals surface area (Å²) >= 11 is 5.62. The maximum absolute atomic E-state index is 11.5. The van der Waals surface area contributed by atoms with Gasteiger partial charge in [0.15, 0.2) is 8.32 Å². The van der Waals surface area contributed by atoms with Crippen molar-refractivity contribution in [2.45, 2.75) is 52.2 Å². The van der Waals surface area contributed by atoms with Crippen LogP contribution in [-0.2, 0) is 14.0 Å². The van der Waals surface area contributed by atoms with E-state index in [1.807, 2.05) is 10.8 Å². The summed E-state index contributed by atoms with van der Waals surface area (Å²) in [4.78, 5) is 16.3. The zero-order valence-electron chi connectivity index (χ0n) is 16.1. The number of hydrogen-bond donors (Lipinski definition) is 0. The first-order valence-electron chi connectivity index (χ1n) is 8.58. The van der Waals surface area contributed by atoms with Crippen molar-refractivity contribution in [2.24, 2.45) is 5.92 Å². The molecular weight excluding hydrogens is 352 g/mol. The van der Waals surface area contributed by atoms with E-state index < -0.39 is 8.32 Å². The number of esters is 1. The maximum Gasteiger partial charge on any atom is 0.330 e. The average Bonchev–Trinajstić information content (AvgIpc) is 3.03. The third-order valence-corrected chi connectivity index (χ3v) is 9.57. The first kappa shape index (κ1) is 21.7. The van der Waals surface area contributed by atoms with Crippen LogP contribution in [0.4, 0.5) is 0 Å². The van der Waals surface area contributed by atoms with Crippen molar-refractivity contribution in [3.05, 3.63) is 30.9 Å². The highest BCUT2D eigenvalue weighted by atomic mass is 32.1. The van der Waals surface area contributed by atoms with Gasteiger partial charge in [-0.1, -0.05) is 39.1 Å². The van der Waals surface area contributed by atoms with Gasteiger partial charge in [0.05, 0.1) is 17.9 Å². The Morgan fingerprint density at radius 1 is 1.40 bits per heavy atom. The fraction of sp³-hybridized carbons (Fsp3) is 0.611. The highest BCUT2D eigenvalue weighted by Gasteiger charge is 2.37. The van der Waals surface area contributed by atoms with Crippen LogP contribution in [0.25, 0.3) is 0 Å². The molecule has 0 unspecified atom stereocenters. The van der Waals surface area contributed by atoms with Gasteiger partial charge >= 0.3 is 5.97 Å². The maximum atomic E-state index is 11.5. The number of thiocarbonyl (C=S) groups is 1. The second-order valence-corrected chi connectivity index (χ2v) is 12.7. The van der Waals surface area contributed by atoms with E-state index in [2.05, 4.69) is 38.8 Å². The van der Waals surface area contributed by atoms with Gasteiger partial charge < -0.3 is 9.16 Å². The zero-order valence-corrected chi connectivity index (χ0v) is 17.9. The van der Waals surface area contributed by atoms with E-state index in [0.29, 0.717) is 19.6 Å². The molecule has 0 saturated carbocycles. The molecule has 0 aliphatic carbocycles. The van der Waals surface area contributed by atoms with Gasteiger partial charge in [-0.15, -0.1) is 0 Å². The van der Waals surface area contributed by atoms with Crippen LogP contribution in [-0.4, -0.2) is 42.0 Å². The molecule has 7 heteroatoms. The largest absolute Gasteiger partial charge is 0.463 e. The molecule has 0 bridgehead atoms. The Kier molecular flexibility index (Phi) is 8.17. The van der Waals surface area contributed by atoms with E-state index in [0.717, 1.165) is 4.99 Å².